The van der Waals surface area contributed by atoms with Crippen molar-refractivity contribution in [1.82, 2.24) is 5.32 Å². The number of carbonyl (C=O) groups excluding carboxylic acids is 2. The third-order valence-electron chi connectivity index (χ3n) is 5.25. The SMILES string of the molecule is CCCCOC(=O)NC1CCC(CC(=O)Nc2cc(C(F)(F)F)cc(C(F)(F)F)c2)CC1. The van der Waals surface area contributed by atoms with Gasteiger partial charge in [0.1, 0.15) is 0 Å². The average Bonchev–Trinajstić information content (AvgIpc) is 2.68. The van der Waals surface area contributed by atoms with Crippen LogP contribution in [-0.4, -0.2) is 24.6 Å². The normalized spacial score (nSPS) is 19.3. The molecule has 180 valence electrons. The molecule has 0 spiro atoms. The zero-order chi connectivity index (χ0) is 23.9. The molecule has 32 heavy (non-hydrogen) atoms. The highest BCUT2D eigenvalue weighted by Crippen LogP contribution is 2.37. The van der Waals surface area contributed by atoms with E-state index in [1.165, 1.54) is 0 Å². The fraction of sp³-hybridized carbons (Fsp3) is 0.619. The Morgan fingerprint density at radius 2 is 1.53 bits per heavy atom. The number of alkyl halides is 6. The highest BCUT2D eigenvalue weighted by molar-refractivity contribution is 5.91. The quantitative estimate of drug-likeness (QED) is 0.373. The van der Waals surface area contributed by atoms with Gasteiger partial charge in [-0.15, -0.1) is 0 Å². The van der Waals surface area contributed by atoms with Gasteiger partial charge in [-0.25, -0.2) is 4.79 Å². The van der Waals surface area contributed by atoms with Crippen LogP contribution in [0.2, 0.25) is 0 Å². The Labute approximate surface area is 181 Å². The van der Waals surface area contributed by atoms with Crippen LogP contribution in [0.15, 0.2) is 18.2 Å². The van der Waals surface area contributed by atoms with Crippen molar-refractivity contribution in [3.8, 4) is 0 Å². The standard InChI is InChI=1S/C21H26F6N2O3/c1-2-3-8-32-19(31)29-16-6-4-13(5-7-16)9-18(30)28-17-11-14(20(22,23)24)10-15(12-17)21(25,26)27/h10-13,16H,2-9H2,1H3,(H,28,30)(H,29,31). The highest BCUT2D eigenvalue weighted by atomic mass is 19.4. The van der Waals surface area contributed by atoms with E-state index < -0.39 is 41.2 Å². The lowest BCUT2D eigenvalue weighted by Crippen LogP contribution is -2.38. The number of nitrogens with one attached hydrogen (secondary N) is 2. The molecule has 0 aliphatic heterocycles. The fourth-order valence-electron chi connectivity index (χ4n) is 3.53. The molecule has 1 aromatic rings. The first-order chi connectivity index (χ1) is 14.9. The molecule has 2 rings (SSSR count). The summed E-state index contributed by atoms with van der Waals surface area (Å²) in [6.45, 7) is 2.31. The van der Waals surface area contributed by atoms with Crippen LogP contribution in [0.3, 0.4) is 0 Å². The minimum absolute atomic E-state index is 0.0111. The summed E-state index contributed by atoms with van der Waals surface area (Å²) in [5.41, 5.74) is -3.53. The molecule has 1 fully saturated rings. The Morgan fingerprint density at radius 1 is 0.969 bits per heavy atom. The van der Waals surface area contributed by atoms with Crippen molar-refractivity contribution in [2.75, 3.05) is 11.9 Å². The Hall–Kier alpha value is -2.46. The maximum Gasteiger partial charge on any atom is 0.416 e. The molecule has 1 saturated carbocycles. The van der Waals surface area contributed by atoms with Crippen molar-refractivity contribution in [3.05, 3.63) is 29.3 Å². The average molecular weight is 468 g/mol. The molecular weight excluding hydrogens is 442 g/mol. The van der Waals surface area contributed by atoms with Gasteiger partial charge >= 0.3 is 18.4 Å². The Kier molecular flexibility index (Phi) is 8.80. The predicted octanol–water partition coefficient (Wildman–Crippen LogP) is 6.14. The van der Waals surface area contributed by atoms with Crippen LogP contribution >= 0.6 is 0 Å². The molecule has 5 nitrogen and oxygen atoms in total. The molecule has 1 aliphatic rings. The first-order valence-electron chi connectivity index (χ1n) is 10.4. The lowest BCUT2D eigenvalue weighted by molar-refractivity contribution is -0.143. The van der Waals surface area contributed by atoms with E-state index in [9.17, 15) is 35.9 Å². The molecule has 0 saturated heterocycles. The smallest absolute Gasteiger partial charge is 0.416 e. The summed E-state index contributed by atoms with van der Waals surface area (Å²) in [5.74, 6) is -0.745. The number of hydrogen-bond acceptors (Lipinski definition) is 3. The fourth-order valence-corrected chi connectivity index (χ4v) is 3.53. The third-order valence-corrected chi connectivity index (χ3v) is 5.25. The molecule has 0 bridgehead atoms. The number of halogens is 6. The van der Waals surface area contributed by atoms with E-state index in [2.05, 4.69) is 10.6 Å². The summed E-state index contributed by atoms with van der Waals surface area (Å²) < 4.78 is 82.7. The van der Waals surface area contributed by atoms with Crippen LogP contribution in [-0.2, 0) is 21.9 Å². The minimum atomic E-state index is -4.98. The molecule has 2 amide bonds. The van der Waals surface area contributed by atoms with E-state index >= 15 is 0 Å². The van der Waals surface area contributed by atoms with Gasteiger partial charge in [0.15, 0.2) is 0 Å². The van der Waals surface area contributed by atoms with Gasteiger partial charge in [-0.2, -0.15) is 26.3 Å². The zero-order valence-electron chi connectivity index (χ0n) is 17.5. The lowest BCUT2D eigenvalue weighted by Gasteiger charge is -2.28. The molecule has 0 unspecified atom stereocenters. The summed E-state index contributed by atoms with van der Waals surface area (Å²) in [4.78, 5) is 23.9. The van der Waals surface area contributed by atoms with Crippen LogP contribution in [0.4, 0.5) is 36.8 Å². The van der Waals surface area contributed by atoms with E-state index in [4.69, 9.17) is 4.74 Å². The van der Waals surface area contributed by atoms with Gasteiger partial charge in [-0.05, 0) is 56.2 Å². The second kappa shape index (κ2) is 10.9. The van der Waals surface area contributed by atoms with Crippen molar-refractivity contribution in [3.63, 3.8) is 0 Å². The largest absolute Gasteiger partial charge is 0.450 e. The number of rotatable bonds is 7. The minimum Gasteiger partial charge on any atom is -0.450 e. The topological polar surface area (TPSA) is 67.4 Å². The molecule has 0 aromatic heterocycles. The maximum absolute atomic E-state index is 12.9. The number of unbranched alkanes of at least 4 members (excludes halogenated alkanes) is 1. The Morgan fingerprint density at radius 3 is 2.03 bits per heavy atom. The van der Waals surface area contributed by atoms with Crippen molar-refractivity contribution >= 4 is 17.7 Å². The summed E-state index contributed by atoms with van der Waals surface area (Å²) in [6.07, 6.45) is -6.45. The van der Waals surface area contributed by atoms with Gasteiger partial charge in [0.2, 0.25) is 5.91 Å². The number of anilines is 1. The number of ether oxygens (including phenoxy) is 1. The van der Waals surface area contributed by atoms with Gasteiger partial charge in [-0.1, -0.05) is 13.3 Å². The molecule has 1 aliphatic carbocycles. The van der Waals surface area contributed by atoms with Crippen molar-refractivity contribution in [1.29, 1.82) is 0 Å². The zero-order valence-corrected chi connectivity index (χ0v) is 17.5. The molecule has 0 atom stereocenters. The number of alkyl carbamates (subject to hydrolysis) is 1. The summed E-state index contributed by atoms with van der Waals surface area (Å²) >= 11 is 0. The number of hydrogen-bond donors (Lipinski definition) is 2. The maximum atomic E-state index is 12.9. The van der Waals surface area contributed by atoms with Crippen LogP contribution in [0.25, 0.3) is 0 Å². The van der Waals surface area contributed by atoms with Crippen molar-refractivity contribution < 1.29 is 40.7 Å². The number of benzene rings is 1. The second-order valence-corrected chi connectivity index (χ2v) is 7.90. The van der Waals surface area contributed by atoms with Gasteiger partial charge in [0.05, 0.1) is 17.7 Å². The summed E-state index contributed by atoms with van der Waals surface area (Å²) in [5, 5.41) is 4.91. The van der Waals surface area contributed by atoms with E-state index in [-0.39, 0.29) is 24.4 Å². The molecular formula is C21H26F6N2O3. The molecule has 1 aromatic carbocycles. The molecule has 2 N–H and O–H groups in total. The number of amides is 2. The van der Waals surface area contributed by atoms with Crippen LogP contribution in [0.5, 0.6) is 0 Å². The third kappa shape index (κ3) is 8.23. The van der Waals surface area contributed by atoms with Crippen LogP contribution in [0, 0.1) is 5.92 Å². The van der Waals surface area contributed by atoms with E-state index in [1.54, 1.807) is 0 Å². The molecule has 11 heteroatoms. The van der Waals surface area contributed by atoms with Crippen LogP contribution in [0.1, 0.15) is 63.0 Å². The lowest BCUT2D eigenvalue weighted by atomic mass is 9.84. The Balaban J connectivity index is 1.89. The van der Waals surface area contributed by atoms with Crippen LogP contribution < -0.4 is 10.6 Å². The summed E-state index contributed by atoms with van der Waals surface area (Å²) in [6, 6.07) is 0.884. The predicted molar refractivity (Wildman–Crippen MR) is 105 cm³/mol. The first-order valence-corrected chi connectivity index (χ1v) is 10.4. The second-order valence-electron chi connectivity index (χ2n) is 7.90. The molecule has 0 radical (unpaired) electrons. The monoisotopic (exact) mass is 468 g/mol. The molecule has 0 heterocycles. The van der Waals surface area contributed by atoms with Gasteiger partial charge in [0, 0.05) is 18.2 Å². The van der Waals surface area contributed by atoms with Crippen molar-refractivity contribution in [2.45, 2.75) is 70.3 Å². The van der Waals surface area contributed by atoms with E-state index in [0.717, 1.165) is 12.8 Å². The van der Waals surface area contributed by atoms with Gasteiger partial charge < -0.3 is 15.4 Å². The van der Waals surface area contributed by atoms with E-state index in [1.807, 2.05) is 6.92 Å². The van der Waals surface area contributed by atoms with Gasteiger partial charge in [0.25, 0.3) is 0 Å². The highest BCUT2D eigenvalue weighted by Gasteiger charge is 2.37. The van der Waals surface area contributed by atoms with Crippen molar-refractivity contribution in [2.24, 2.45) is 5.92 Å². The number of carbonyl (C=O) groups is 2. The van der Waals surface area contributed by atoms with Gasteiger partial charge in [-0.3, -0.25) is 4.79 Å². The summed E-state index contributed by atoms with van der Waals surface area (Å²) in [7, 11) is 0. The first kappa shape index (κ1) is 25.8. The Bertz CT molecular complexity index is 754. The van der Waals surface area contributed by atoms with E-state index in [0.29, 0.717) is 44.4 Å².